The van der Waals surface area contributed by atoms with Gasteiger partial charge >= 0.3 is 11.3 Å². The lowest BCUT2D eigenvalue weighted by molar-refractivity contribution is 0.0500. The van der Waals surface area contributed by atoms with E-state index in [2.05, 4.69) is 15.5 Å². The molecule has 2 rings (SSSR count). The number of nitrogens with zero attached hydrogens (tertiary/aromatic N) is 2. The number of rotatable bonds is 5. The predicted octanol–water partition coefficient (Wildman–Crippen LogP) is 2.94. The van der Waals surface area contributed by atoms with Gasteiger partial charge in [0, 0.05) is 0 Å². The van der Waals surface area contributed by atoms with Crippen LogP contribution in [0.4, 0.5) is 4.79 Å². The second-order valence-corrected chi connectivity index (χ2v) is 8.89. The Hall–Kier alpha value is -2.42. The average Bonchev–Trinajstić information content (AvgIpc) is 2.98. The molecule has 8 nitrogen and oxygen atoms in total. The first kappa shape index (κ1) is 19.9. The van der Waals surface area contributed by atoms with E-state index in [1.807, 2.05) is 19.1 Å². The summed E-state index contributed by atoms with van der Waals surface area (Å²) in [5, 5.41) is 9.37. The van der Waals surface area contributed by atoms with E-state index in [9.17, 15) is 13.2 Å². The fraction of sp³-hybridized carbons (Fsp3) is 0.471. The second kappa shape index (κ2) is 7.45. The van der Waals surface area contributed by atoms with E-state index in [-0.39, 0.29) is 11.6 Å². The number of benzene rings is 1. The zero-order valence-corrected chi connectivity index (χ0v) is 16.3. The van der Waals surface area contributed by atoms with Crippen LogP contribution in [0.25, 0.3) is 0 Å². The van der Waals surface area contributed by atoms with Crippen LogP contribution in [0.3, 0.4) is 0 Å². The topological polar surface area (TPSA) is 111 Å². The van der Waals surface area contributed by atoms with Crippen molar-refractivity contribution in [2.24, 2.45) is 0 Å². The SMILES string of the molecule is Cc1ccc(CS(=O)(=O)c2nnc([C@@H](C)NC(=O)OC(C)(C)C)o2)cc1. The molecule has 0 aliphatic carbocycles. The molecular weight excluding hydrogens is 358 g/mol. The minimum absolute atomic E-state index is 0.0154. The number of hydrogen-bond donors (Lipinski definition) is 1. The van der Waals surface area contributed by atoms with E-state index >= 15 is 0 Å². The van der Waals surface area contributed by atoms with E-state index < -0.39 is 32.8 Å². The van der Waals surface area contributed by atoms with E-state index in [0.717, 1.165) is 5.56 Å². The van der Waals surface area contributed by atoms with Crippen LogP contribution in [-0.2, 0) is 20.3 Å². The lowest BCUT2D eigenvalue weighted by atomic mass is 10.2. The Balaban J connectivity index is 2.07. The monoisotopic (exact) mass is 381 g/mol. The zero-order valence-electron chi connectivity index (χ0n) is 15.4. The third kappa shape index (κ3) is 5.55. The maximum absolute atomic E-state index is 12.4. The van der Waals surface area contributed by atoms with Gasteiger partial charge < -0.3 is 14.5 Å². The molecule has 0 saturated carbocycles. The Morgan fingerprint density at radius 1 is 1.23 bits per heavy atom. The van der Waals surface area contributed by atoms with Gasteiger partial charge in [-0.2, -0.15) is 0 Å². The number of nitrogens with one attached hydrogen (secondary N) is 1. The largest absolute Gasteiger partial charge is 0.444 e. The van der Waals surface area contributed by atoms with Gasteiger partial charge in [-0.15, -0.1) is 5.10 Å². The first-order valence-electron chi connectivity index (χ1n) is 8.07. The van der Waals surface area contributed by atoms with Crippen molar-refractivity contribution in [1.82, 2.24) is 15.5 Å². The lowest BCUT2D eigenvalue weighted by Crippen LogP contribution is -2.34. The third-order valence-electron chi connectivity index (χ3n) is 3.27. The van der Waals surface area contributed by atoms with Crippen LogP contribution in [0, 0.1) is 6.92 Å². The first-order valence-corrected chi connectivity index (χ1v) is 9.73. The van der Waals surface area contributed by atoms with Gasteiger partial charge in [-0.1, -0.05) is 34.9 Å². The number of carbonyl (C=O) groups is 1. The number of aryl methyl sites for hydroxylation is 1. The lowest BCUT2D eigenvalue weighted by Gasteiger charge is -2.20. The maximum atomic E-state index is 12.4. The molecule has 2 aromatic rings. The predicted molar refractivity (Wildman–Crippen MR) is 94.2 cm³/mol. The molecule has 0 radical (unpaired) electrons. The number of alkyl carbamates (subject to hydrolysis) is 1. The fourth-order valence-corrected chi connectivity index (χ4v) is 3.16. The normalized spacial score (nSPS) is 13.3. The van der Waals surface area contributed by atoms with Crippen molar-refractivity contribution in [2.45, 2.75) is 57.2 Å². The van der Waals surface area contributed by atoms with Crippen molar-refractivity contribution in [3.63, 3.8) is 0 Å². The summed E-state index contributed by atoms with van der Waals surface area (Å²) in [5.41, 5.74) is 1.00. The van der Waals surface area contributed by atoms with Gasteiger partial charge in [-0.05, 0) is 40.2 Å². The molecule has 0 fully saturated rings. The molecule has 26 heavy (non-hydrogen) atoms. The molecule has 0 bridgehead atoms. The fourth-order valence-electron chi connectivity index (χ4n) is 2.03. The number of aromatic nitrogens is 2. The van der Waals surface area contributed by atoms with Crippen LogP contribution < -0.4 is 5.32 Å². The summed E-state index contributed by atoms with van der Waals surface area (Å²) < 4.78 is 35.2. The molecule has 9 heteroatoms. The molecular formula is C17H23N3O5S. The molecule has 0 aliphatic heterocycles. The van der Waals surface area contributed by atoms with Crippen molar-refractivity contribution in [2.75, 3.05) is 0 Å². The van der Waals surface area contributed by atoms with Crippen LogP contribution >= 0.6 is 0 Å². The summed E-state index contributed by atoms with van der Waals surface area (Å²) in [6.07, 6.45) is -0.660. The molecule has 1 aromatic heterocycles. The van der Waals surface area contributed by atoms with Gasteiger partial charge in [0.25, 0.3) is 0 Å². The molecule has 1 atom stereocenters. The summed E-state index contributed by atoms with van der Waals surface area (Å²) in [6, 6.07) is 6.43. The quantitative estimate of drug-likeness (QED) is 0.847. The molecule has 1 N–H and O–H groups in total. The Morgan fingerprint density at radius 3 is 2.42 bits per heavy atom. The highest BCUT2D eigenvalue weighted by molar-refractivity contribution is 7.90. The third-order valence-corrected chi connectivity index (χ3v) is 4.68. The van der Waals surface area contributed by atoms with Crippen LogP contribution in [0.15, 0.2) is 33.9 Å². The Kier molecular flexibility index (Phi) is 5.70. The molecule has 1 amide bonds. The molecule has 0 spiro atoms. The number of hydrogen-bond acceptors (Lipinski definition) is 7. The van der Waals surface area contributed by atoms with Gasteiger partial charge in [0.1, 0.15) is 11.6 Å². The van der Waals surface area contributed by atoms with E-state index in [1.54, 1.807) is 39.8 Å². The minimum Gasteiger partial charge on any atom is -0.444 e. The van der Waals surface area contributed by atoms with E-state index in [4.69, 9.17) is 9.15 Å². The van der Waals surface area contributed by atoms with Crippen LogP contribution in [0.5, 0.6) is 0 Å². The highest BCUT2D eigenvalue weighted by atomic mass is 32.2. The Bertz CT molecular complexity index is 867. The first-order chi connectivity index (χ1) is 12.0. The molecule has 1 aromatic carbocycles. The summed E-state index contributed by atoms with van der Waals surface area (Å²) in [7, 11) is -3.78. The highest BCUT2D eigenvalue weighted by Gasteiger charge is 2.26. The molecule has 142 valence electrons. The van der Waals surface area contributed by atoms with Crippen molar-refractivity contribution >= 4 is 15.9 Å². The van der Waals surface area contributed by atoms with Crippen LogP contribution in [-0.4, -0.2) is 30.3 Å². The number of sulfone groups is 1. The highest BCUT2D eigenvalue weighted by Crippen LogP contribution is 2.19. The summed E-state index contributed by atoms with van der Waals surface area (Å²) in [6.45, 7) is 8.72. The maximum Gasteiger partial charge on any atom is 0.408 e. The van der Waals surface area contributed by atoms with Crippen LogP contribution in [0.2, 0.25) is 0 Å². The van der Waals surface area contributed by atoms with Crippen molar-refractivity contribution in [1.29, 1.82) is 0 Å². The van der Waals surface area contributed by atoms with Crippen molar-refractivity contribution in [3.05, 3.63) is 41.3 Å². The van der Waals surface area contributed by atoms with Crippen molar-refractivity contribution < 1.29 is 22.4 Å². The van der Waals surface area contributed by atoms with E-state index in [1.165, 1.54) is 0 Å². The molecule has 0 saturated heterocycles. The summed E-state index contributed by atoms with van der Waals surface area (Å²) >= 11 is 0. The van der Waals surface area contributed by atoms with Gasteiger partial charge in [0.2, 0.25) is 15.7 Å². The van der Waals surface area contributed by atoms with Gasteiger partial charge in [-0.25, -0.2) is 13.2 Å². The Labute approximate surface area is 152 Å². The standard InChI is InChI=1S/C17H23N3O5S/c1-11-6-8-13(9-7-11)10-26(22,23)16-20-19-14(24-16)12(2)18-15(21)25-17(3,4)5/h6-9,12H,10H2,1-5H3,(H,18,21)/t12-/m1/s1. The molecule has 0 unspecified atom stereocenters. The summed E-state index contributed by atoms with van der Waals surface area (Å²) in [4.78, 5) is 11.8. The number of ether oxygens (including phenoxy) is 1. The minimum atomic E-state index is -3.78. The zero-order chi connectivity index (χ0) is 19.5. The van der Waals surface area contributed by atoms with Gasteiger partial charge in [0.05, 0.1) is 5.75 Å². The smallest absolute Gasteiger partial charge is 0.408 e. The van der Waals surface area contributed by atoms with Crippen LogP contribution in [0.1, 0.15) is 50.8 Å². The summed E-state index contributed by atoms with van der Waals surface area (Å²) in [5.74, 6) is -0.263. The molecule has 1 heterocycles. The van der Waals surface area contributed by atoms with Gasteiger partial charge in [-0.3, -0.25) is 0 Å². The second-order valence-electron chi connectivity index (χ2n) is 7.02. The average molecular weight is 381 g/mol. The molecule has 0 aliphatic rings. The Morgan fingerprint density at radius 2 is 1.85 bits per heavy atom. The van der Waals surface area contributed by atoms with E-state index in [0.29, 0.717) is 5.56 Å². The van der Waals surface area contributed by atoms with Crippen molar-refractivity contribution in [3.8, 4) is 0 Å². The number of carbonyl (C=O) groups excluding carboxylic acids is 1. The number of amides is 1. The van der Waals surface area contributed by atoms with Gasteiger partial charge in [0.15, 0.2) is 0 Å².